The van der Waals surface area contributed by atoms with Gasteiger partial charge >= 0.3 is 12.3 Å². The van der Waals surface area contributed by atoms with E-state index in [1.54, 1.807) is 0 Å². The smallest absolute Gasteiger partial charge is 0.450 e. The largest absolute Gasteiger partial charge is 0.506 e. The summed E-state index contributed by atoms with van der Waals surface area (Å²) in [4.78, 5) is 20.2. The summed E-state index contributed by atoms with van der Waals surface area (Å²) in [5, 5.41) is 16.5. The minimum Gasteiger partial charge on any atom is -0.450 e. The molecular formula is C7H10O6. The minimum atomic E-state index is -1.33. The number of carboxylic acid groups (broad SMARTS) is 2. The van der Waals surface area contributed by atoms with Crippen LogP contribution >= 0.6 is 0 Å². The Bertz CT molecular complexity index is 191. The van der Waals surface area contributed by atoms with E-state index in [-0.39, 0.29) is 0 Å². The standard InChI is InChI=1S/C7H10O6/c8-6(9)12-4-1-2-5(3-4)13-7(10)11/h4-5H,1-3H2,(H,8,9)(H,10,11)/t4-,5+. The molecule has 0 saturated heterocycles. The highest BCUT2D eigenvalue weighted by Gasteiger charge is 2.29. The maximum Gasteiger partial charge on any atom is 0.506 e. The van der Waals surface area contributed by atoms with Crippen LogP contribution in [0.25, 0.3) is 0 Å². The van der Waals surface area contributed by atoms with Crippen molar-refractivity contribution in [1.82, 2.24) is 0 Å². The Kier molecular flexibility index (Phi) is 2.94. The Morgan fingerprint density at radius 2 is 1.38 bits per heavy atom. The summed E-state index contributed by atoms with van der Waals surface area (Å²) in [5.41, 5.74) is 0. The average molecular weight is 190 g/mol. The molecular weight excluding hydrogens is 180 g/mol. The molecule has 0 aromatic rings. The monoisotopic (exact) mass is 190 g/mol. The summed E-state index contributed by atoms with van der Waals surface area (Å²) in [6.45, 7) is 0. The van der Waals surface area contributed by atoms with Crippen molar-refractivity contribution in [3.63, 3.8) is 0 Å². The van der Waals surface area contributed by atoms with Gasteiger partial charge in [-0.15, -0.1) is 0 Å². The predicted molar refractivity (Wildman–Crippen MR) is 39.6 cm³/mol. The summed E-state index contributed by atoms with van der Waals surface area (Å²) in [7, 11) is 0. The van der Waals surface area contributed by atoms with E-state index in [0.717, 1.165) is 0 Å². The molecule has 0 aromatic carbocycles. The van der Waals surface area contributed by atoms with Gasteiger partial charge in [-0.3, -0.25) is 0 Å². The molecule has 1 aliphatic carbocycles. The van der Waals surface area contributed by atoms with Gasteiger partial charge in [0, 0.05) is 6.42 Å². The molecule has 0 unspecified atom stereocenters. The molecule has 0 aromatic heterocycles. The summed E-state index contributed by atoms with van der Waals surface area (Å²) in [5.74, 6) is 0. The second-order valence-corrected chi connectivity index (χ2v) is 2.82. The van der Waals surface area contributed by atoms with Gasteiger partial charge in [-0.25, -0.2) is 9.59 Å². The highest BCUT2D eigenvalue weighted by atomic mass is 16.7. The lowest BCUT2D eigenvalue weighted by Gasteiger charge is -2.09. The van der Waals surface area contributed by atoms with Crippen LogP contribution in [0.2, 0.25) is 0 Å². The summed E-state index contributed by atoms with van der Waals surface area (Å²) < 4.78 is 8.93. The van der Waals surface area contributed by atoms with Crippen molar-refractivity contribution in [2.45, 2.75) is 31.5 Å². The molecule has 2 N–H and O–H groups in total. The molecule has 0 spiro atoms. The normalized spacial score (nSPS) is 26.8. The summed E-state index contributed by atoms with van der Waals surface area (Å²) in [6, 6.07) is 0. The highest BCUT2D eigenvalue weighted by Crippen LogP contribution is 2.24. The van der Waals surface area contributed by atoms with Crippen LogP contribution in [-0.2, 0) is 9.47 Å². The first-order valence-electron chi connectivity index (χ1n) is 3.87. The second-order valence-electron chi connectivity index (χ2n) is 2.82. The molecule has 0 radical (unpaired) electrons. The van der Waals surface area contributed by atoms with E-state index in [4.69, 9.17) is 10.2 Å². The van der Waals surface area contributed by atoms with Gasteiger partial charge in [-0.2, -0.15) is 0 Å². The van der Waals surface area contributed by atoms with Gasteiger partial charge in [0.25, 0.3) is 0 Å². The second kappa shape index (κ2) is 3.97. The van der Waals surface area contributed by atoms with Crippen molar-refractivity contribution in [3.8, 4) is 0 Å². The lowest BCUT2D eigenvalue weighted by atomic mass is 10.3. The van der Waals surface area contributed by atoms with Crippen LogP contribution in [0.5, 0.6) is 0 Å². The first-order valence-corrected chi connectivity index (χ1v) is 3.87. The Labute approximate surface area is 74.1 Å². The molecule has 2 atom stereocenters. The van der Waals surface area contributed by atoms with Crippen molar-refractivity contribution >= 4 is 12.3 Å². The molecule has 0 amide bonds. The molecule has 0 bridgehead atoms. The lowest BCUT2D eigenvalue weighted by molar-refractivity contribution is 0.0333. The first-order chi connectivity index (χ1) is 6.08. The maximum atomic E-state index is 10.1. The van der Waals surface area contributed by atoms with Gasteiger partial charge in [0.05, 0.1) is 0 Å². The molecule has 6 nitrogen and oxygen atoms in total. The fraction of sp³-hybridized carbons (Fsp3) is 0.714. The topological polar surface area (TPSA) is 93.1 Å². The Morgan fingerprint density at radius 1 is 1.00 bits per heavy atom. The Hall–Kier alpha value is -1.46. The Balaban J connectivity index is 2.27. The molecule has 1 aliphatic rings. The quantitative estimate of drug-likeness (QED) is 0.637. The van der Waals surface area contributed by atoms with Gasteiger partial charge in [0.2, 0.25) is 0 Å². The zero-order chi connectivity index (χ0) is 9.84. The van der Waals surface area contributed by atoms with Crippen LogP contribution < -0.4 is 0 Å². The number of rotatable bonds is 2. The maximum absolute atomic E-state index is 10.1. The van der Waals surface area contributed by atoms with Gasteiger partial charge in [0.15, 0.2) is 0 Å². The average Bonchev–Trinajstić information content (AvgIpc) is 2.33. The van der Waals surface area contributed by atoms with E-state index in [0.29, 0.717) is 19.3 Å². The Morgan fingerprint density at radius 3 is 1.69 bits per heavy atom. The van der Waals surface area contributed by atoms with E-state index in [9.17, 15) is 9.59 Å². The van der Waals surface area contributed by atoms with Gasteiger partial charge in [-0.05, 0) is 12.8 Å². The zero-order valence-electron chi connectivity index (χ0n) is 6.80. The number of ether oxygens (including phenoxy) is 2. The molecule has 0 heterocycles. The van der Waals surface area contributed by atoms with Crippen molar-refractivity contribution in [1.29, 1.82) is 0 Å². The van der Waals surface area contributed by atoms with Crippen molar-refractivity contribution in [2.75, 3.05) is 0 Å². The summed E-state index contributed by atoms with van der Waals surface area (Å²) >= 11 is 0. The van der Waals surface area contributed by atoms with Crippen LogP contribution in [-0.4, -0.2) is 34.7 Å². The van der Waals surface area contributed by atoms with E-state index in [2.05, 4.69) is 9.47 Å². The van der Waals surface area contributed by atoms with Crippen LogP contribution in [0.4, 0.5) is 9.59 Å². The molecule has 1 fully saturated rings. The predicted octanol–water partition coefficient (Wildman–Crippen LogP) is 1.30. The number of hydrogen-bond donors (Lipinski definition) is 2. The van der Waals surface area contributed by atoms with Crippen LogP contribution in [0.15, 0.2) is 0 Å². The van der Waals surface area contributed by atoms with Crippen LogP contribution in [0.3, 0.4) is 0 Å². The van der Waals surface area contributed by atoms with E-state index < -0.39 is 24.5 Å². The highest BCUT2D eigenvalue weighted by molar-refractivity contribution is 5.57. The number of hydrogen-bond acceptors (Lipinski definition) is 4. The van der Waals surface area contributed by atoms with Gasteiger partial charge in [0.1, 0.15) is 12.2 Å². The molecule has 0 aliphatic heterocycles. The third-order valence-corrected chi connectivity index (χ3v) is 1.87. The minimum absolute atomic E-state index is 0.318. The van der Waals surface area contributed by atoms with Crippen molar-refractivity contribution in [2.24, 2.45) is 0 Å². The van der Waals surface area contributed by atoms with Gasteiger partial charge < -0.3 is 19.7 Å². The van der Waals surface area contributed by atoms with Crippen LogP contribution in [0, 0.1) is 0 Å². The fourth-order valence-electron chi connectivity index (χ4n) is 1.40. The van der Waals surface area contributed by atoms with E-state index in [1.807, 2.05) is 0 Å². The third kappa shape index (κ3) is 3.18. The molecule has 1 rings (SSSR count). The first kappa shape index (κ1) is 9.63. The lowest BCUT2D eigenvalue weighted by Crippen LogP contribution is -2.17. The van der Waals surface area contributed by atoms with E-state index in [1.165, 1.54) is 0 Å². The van der Waals surface area contributed by atoms with Gasteiger partial charge in [-0.1, -0.05) is 0 Å². The molecule has 6 heteroatoms. The zero-order valence-corrected chi connectivity index (χ0v) is 6.80. The molecule has 1 saturated carbocycles. The summed E-state index contributed by atoms with van der Waals surface area (Å²) in [6.07, 6.45) is -2.17. The molecule has 74 valence electrons. The fourth-order valence-corrected chi connectivity index (χ4v) is 1.40. The molecule has 13 heavy (non-hydrogen) atoms. The van der Waals surface area contributed by atoms with Crippen LogP contribution in [0.1, 0.15) is 19.3 Å². The third-order valence-electron chi connectivity index (χ3n) is 1.87. The van der Waals surface area contributed by atoms with Crippen molar-refractivity contribution < 1.29 is 29.3 Å². The van der Waals surface area contributed by atoms with E-state index >= 15 is 0 Å². The van der Waals surface area contributed by atoms with Crippen molar-refractivity contribution in [3.05, 3.63) is 0 Å². The number of carbonyl (C=O) groups is 2. The SMILES string of the molecule is O=C(O)O[C@@H]1CC[C@H](OC(=O)O)C1.